The van der Waals surface area contributed by atoms with Crippen molar-refractivity contribution in [1.29, 1.82) is 0 Å². The van der Waals surface area contributed by atoms with Gasteiger partial charge in [-0.25, -0.2) is 9.78 Å². The molecule has 0 saturated carbocycles. The number of amides is 1. The van der Waals surface area contributed by atoms with Crippen LogP contribution in [-0.4, -0.2) is 62.7 Å². The molecule has 1 fully saturated rings. The number of carbonyl (C=O) groups excluding carboxylic acids is 1. The maximum atomic E-state index is 12.1. The average molecular weight is 319 g/mol. The molecular formula is C14H21N7O2. The quantitative estimate of drug-likeness (QED) is 0.805. The topological polar surface area (TPSA) is 113 Å². The molecule has 2 aromatic heterocycles. The van der Waals surface area contributed by atoms with Crippen molar-refractivity contribution in [1.82, 2.24) is 24.8 Å². The van der Waals surface area contributed by atoms with Gasteiger partial charge in [0, 0.05) is 26.2 Å². The SMILES string of the molecule is CC(C)(C)OC(=O)N1CCN(c2nc(N)nc3[nH]cnc23)CC1. The summed E-state index contributed by atoms with van der Waals surface area (Å²) in [6, 6.07) is 0. The standard InChI is InChI=1S/C14H21N7O2/c1-14(2,3)23-13(22)21-6-4-20(5-7-21)11-9-10(17-8-16-9)18-12(15)19-11/h8H,4-7H2,1-3H3,(H3,15,16,17,18,19). The molecule has 1 aliphatic rings. The predicted molar refractivity (Wildman–Crippen MR) is 86.1 cm³/mol. The van der Waals surface area contributed by atoms with Crippen molar-refractivity contribution in [3.63, 3.8) is 0 Å². The molecule has 124 valence electrons. The number of hydrogen-bond donors (Lipinski definition) is 2. The smallest absolute Gasteiger partial charge is 0.410 e. The molecule has 23 heavy (non-hydrogen) atoms. The largest absolute Gasteiger partial charge is 0.444 e. The number of nitrogen functional groups attached to an aromatic ring is 1. The molecular weight excluding hydrogens is 298 g/mol. The molecule has 0 radical (unpaired) electrons. The van der Waals surface area contributed by atoms with E-state index in [-0.39, 0.29) is 12.0 Å². The molecule has 3 N–H and O–H groups in total. The number of hydrogen-bond acceptors (Lipinski definition) is 7. The number of imidazole rings is 1. The molecule has 0 atom stereocenters. The minimum Gasteiger partial charge on any atom is -0.444 e. The highest BCUT2D eigenvalue weighted by molar-refractivity contribution is 5.84. The summed E-state index contributed by atoms with van der Waals surface area (Å²) in [5, 5.41) is 0. The first-order chi connectivity index (χ1) is 10.8. The van der Waals surface area contributed by atoms with Crippen LogP contribution in [0.15, 0.2) is 6.33 Å². The number of ether oxygens (including phenoxy) is 1. The Labute approximate surface area is 133 Å². The van der Waals surface area contributed by atoms with Crippen LogP contribution in [0.25, 0.3) is 11.2 Å². The van der Waals surface area contributed by atoms with Gasteiger partial charge >= 0.3 is 6.09 Å². The minimum atomic E-state index is -0.490. The number of nitrogens with one attached hydrogen (secondary N) is 1. The molecule has 1 saturated heterocycles. The van der Waals surface area contributed by atoms with Crippen molar-refractivity contribution in [2.45, 2.75) is 26.4 Å². The number of aromatic amines is 1. The summed E-state index contributed by atoms with van der Waals surface area (Å²) in [5.41, 5.74) is 6.56. The van der Waals surface area contributed by atoms with Gasteiger partial charge in [0.1, 0.15) is 5.60 Å². The van der Waals surface area contributed by atoms with Crippen molar-refractivity contribution < 1.29 is 9.53 Å². The Morgan fingerprint density at radius 2 is 1.96 bits per heavy atom. The van der Waals surface area contributed by atoms with Crippen molar-refractivity contribution in [2.75, 3.05) is 36.8 Å². The Balaban J connectivity index is 1.71. The summed E-state index contributed by atoms with van der Waals surface area (Å²) in [4.78, 5) is 31.5. The molecule has 0 spiro atoms. The number of nitrogens with two attached hydrogens (primary N) is 1. The number of fused-ring (bicyclic) bond motifs is 1. The van der Waals surface area contributed by atoms with Gasteiger partial charge in [0.05, 0.1) is 6.33 Å². The van der Waals surface area contributed by atoms with E-state index in [1.54, 1.807) is 11.2 Å². The summed E-state index contributed by atoms with van der Waals surface area (Å²) >= 11 is 0. The fourth-order valence-electron chi connectivity index (χ4n) is 2.49. The van der Waals surface area contributed by atoms with E-state index >= 15 is 0 Å². The highest BCUT2D eigenvalue weighted by atomic mass is 16.6. The Hall–Kier alpha value is -2.58. The second kappa shape index (κ2) is 5.56. The van der Waals surface area contributed by atoms with Gasteiger partial charge in [0.2, 0.25) is 5.95 Å². The van der Waals surface area contributed by atoms with Crippen LogP contribution in [0.3, 0.4) is 0 Å². The van der Waals surface area contributed by atoms with E-state index in [1.165, 1.54) is 0 Å². The van der Waals surface area contributed by atoms with E-state index in [1.807, 2.05) is 20.8 Å². The number of H-pyrrole nitrogens is 1. The highest BCUT2D eigenvalue weighted by Crippen LogP contribution is 2.23. The Bertz CT molecular complexity index is 713. The van der Waals surface area contributed by atoms with Crippen LogP contribution in [0.4, 0.5) is 16.6 Å². The zero-order valence-electron chi connectivity index (χ0n) is 13.5. The highest BCUT2D eigenvalue weighted by Gasteiger charge is 2.27. The molecule has 0 aromatic carbocycles. The summed E-state index contributed by atoms with van der Waals surface area (Å²) in [6.45, 7) is 7.97. The second-order valence-electron chi connectivity index (χ2n) is 6.46. The molecule has 3 heterocycles. The third-order valence-corrected chi connectivity index (χ3v) is 3.51. The number of anilines is 2. The van der Waals surface area contributed by atoms with Gasteiger partial charge in [0.15, 0.2) is 17.0 Å². The molecule has 0 unspecified atom stereocenters. The van der Waals surface area contributed by atoms with Crippen LogP contribution < -0.4 is 10.6 Å². The summed E-state index contributed by atoms with van der Waals surface area (Å²) in [6.07, 6.45) is 1.28. The lowest BCUT2D eigenvalue weighted by Gasteiger charge is -2.36. The third-order valence-electron chi connectivity index (χ3n) is 3.51. The van der Waals surface area contributed by atoms with Gasteiger partial charge in [-0.15, -0.1) is 0 Å². The maximum Gasteiger partial charge on any atom is 0.410 e. The Kier molecular flexibility index (Phi) is 3.70. The Morgan fingerprint density at radius 1 is 1.26 bits per heavy atom. The van der Waals surface area contributed by atoms with Crippen molar-refractivity contribution in [2.24, 2.45) is 0 Å². The van der Waals surface area contributed by atoms with Gasteiger partial charge in [0.25, 0.3) is 0 Å². The van der Waals surface area contributed by atoms with Gasteiger partial charge < -0.3 is 25.3 Å². The zero-order chi connectivity index (χ0) is 16.6. The maximum absolute atomic E-state index is 12.1. The van der Waals surface area contributed by atoms with Crippen LogP contribution in [-0.2, 0) is 4.74 Å². The lowest BCUT2D eigenvalue weighted by atomic mass is 10.2. The minimum absolute atomic E-state index is 0.200. The molecule has 0 bridgehead atoms. The normalized spacial score (nSPS) is 16.0. The molecule has 9 nitrogen and oxygen atoms in total. The Morgan fingerprint density at radius 3 is 2.61 bits per heavy atom. The monoisotopic (exact) mass is 319 g/mol. The molecule has 3 rings (SSSR count). The first kappa shape index (κ1) is 15.3. The number of nitrogens with zero attached hydrogens (tertiary/aromatic N) is 5. The zero-order valence-corrected chi connectivity index (χ0v) is 13.5. The van der Waals surface area contributed by atoms with Crippen LogP contribution in [0.2, 0.25) is 0 Å². The number of rotatable bonds is 1. The van der Waals surface area contributed by atoms with E-state index in [0.717, 1.165) is 0 Å². The van der Waals surface area contributed by atoms with Gasteiger partial charge in [-0.2, -0.15) is 9.97 Å². The summed E-state index contributed by atoms with van der Waals surface area (Å²) in [7, 11) is 0. The van der Waals surface area contributed by atoms with Crippen molar-refractivity contribution in [3.05, 3.63) is 6.33 Å². The van der Waals surface area contributed by atoms with Gasteiger partial charge in [-0.1, -0.05) is 0 Å². The predicted octanol–water partition coefficient (Wildman–Crippen LogP) is 0.992. The average Bonchev–Trinajstić information content (AvgIpc) is 2.93. The number of piperazine rings is 1. The lowest BCUT2D eigenvalue weighted by molar-refractivity contribution is 0.0240. The fraction of sp³-hybridized carbons (Fsp3) is 0.571. The van der Waals surface area contributed by atoms with Crippen LogP contribution in [0, 0.1) is 0 Å². The van der Waals surface area contributed by atoms with E-state index in [4.69, 9.17) is 10.5 Å². The van der Waals surface area contributed by atoms with Gasteiger partial charge in [-0.05, 0) is 20.8 Å². The van der Waals surface area contributed by atoms with E-state index < -0.39 is 5.60 Å². The third kappa shape index (κ3) is 3.27. The molecule has 1 aliphatic heterocycles. The molecule has 9 heteroatoms. The molecule has 0 aliphatic carbocycles. The van der Waals surface area contributed by atoms with Crippen LogP contribution in [0.5, 0.6) is 0 Å². The van der Waals surface area contributed by atoms with Crippen LogP contribution in [0.1, 0.15) is 20.8 Å². The fourth-order valence-corrected chi connectivity index (χ4v) is 2.49. The molecule has 2 aromatic rings. The summed E-state index contributed by atoms with van der Waals surface area (Å²) < 4.78 is 5.40. The second-order valence-corrected chi connectivity index (χ2v) is 6.46. The van der Waals surface area contributed by atoms with E-state index in [9.17, 15) is 4.79 Å². The van der Waals surface area contributed by atoms with Gasteiger partial charge in [-0.3, -0.25) is 0 Å². The van der Waals surface area contributed by atoms with Crippen molar-refractivity contribution >= 4 is 29.0 Å². The number of carbonyl (C=O) groups is 1. The van der Waals surface area contributed by atoms with E-state index in [2.05, 4.69) is 24.8 Å². The van der Waals surface area contributed by atoms with Crippen molar-refractivity contribution in [3.8, 4) is 0 Å². The number of aromatic nitrogens is 4. The van der Waals surface area contributed by atoms with Crippen LogP contribution >= 0.6 is 0 Å². The van der Waals surface area contributed by atoms with E-state index in [0.29, 0.717) is 43.2 Å². The summed E-state index contributed by atoms with van der Waals surface area (Å²) in [5.74, 6) is 0.893. The first-order valence-electron chi connectivity index (χ1n) is 7.53. The first-order valence-corrected chi connectivity index (χ1v) is 7.53. The lowest BCUT2D eigenvalue weighted by Crippen LogP contribution is -2.50. The molecule has 1 amide bonds.